The first kappa shape index (κ1) is 27.7. The number of rotatable bonds is 9. The maximum atomic E-state index is 13.6. The van der Waals surface area contributed by atoms with E-state index >= 15 is 0 Å². The summed E-state index contributed by atoms with van der Waals surface area (Å²) in [6.45, 7) is 0.141. The van der Waals surface area contributed by atoms with Crippen LogP contribution in [0.4, 0.5) is 5.69 Å². The van der Waals surface area contributed by atoms with E-state index < -0.39 is 5.97 Å². The van der Waals surface area contributed by atoms with Crippen LogP contribution in [0.25, 0.3) is 16.8 Å². The van der Waals surface area contributed by atoms with Gasteiger partial charge in [0.2, 0.25) is 0 Å². The molecule has 8 nitrogen and oxygen atoms in total. The number of amides is 1. The third-order valence-electron chi connectivity index (χ3n) is 6.68. The van der Waals surface area contributed by atoms with Crippen LogP contribution in [-0.4, -0.2) is 49.8 Å². The van der Waals surface area contributed by atoms with Crippen LogP contribution in [0.5, 0.6) is 17.2 Å². The second-order valence-electron chi connectivity index (χ2n) is 9.19. The molecular formula is C32H28N2O6S. The molecule has 1 fully saturated rings. The van der Waals surface area contributed by atoms with E-state index in [1.165, 1.54) is 22.3 Å². The van der Waals surface area contributed by atoms with E-state index in [1.807, 2.05) is 24.3 Å². The van der Waals surface area contributed by atoms with Crippen molar-refractivity contribution < 1.29 is 28.5 Å². The number of thiocarbonyl (C=S) groups is 1. The molecule has 0 saturated carbocycles. The molecule has 0 spiro atoms. The summed E-state index contributed by atoms with van der Waals surface area (Å²) in [5, 5.41) is 2.47. The van der Waals surface area contributed by atoms with Crippen molar-refractivity contribution in [3.05, 3.63) is 102 Å². The molecule has 1 saturated heterocycles. The van der Waals surface area contributed by atoms with Gasteiger partial charge in [-0.25, -0.2) is 0 Å². The Morgan fingerprint density at radius 2 is 1.61 bits per heavy atom. The van der Waals surface area contributed by atoms with Crippen LogP contribution in [0, 0.1) is 0 Å². The van der Waals surface area contributed by atoms with Crippen molar-refractivity contribution in [1.82, 2.24) is 4.90 Å². The molecule has 0 radical (unpaired) electrons. The van der Waals surface area contributed by atoms with Gasteiger partial charge in [-0.1, -0.05) is 42.5 Å². The minimum absolute atomic E-state index is 0.166. The smallest absolute Gasteiger partial charge is 0.325 e. The highest BCUT2D eigenvalue weighted by molar-refractivity contribution is 7.80. The van der Waals surface area contributed by atoms with Crippen LogP contribution < -0.4 is 19.1 Å². The monoisotopic (exact) mass is 568 g/mol. The highest BCUT2D eigenvalue weighted by atomic mass is 32.1. The number of esters is 1. The predicted octanol–water partition coefficient (Wildman–Crippen LogP) is 5.58. The second kappa shape index (κ2) is 12.1. The molecule has 0 aromatic heterocycles. The third kappa shape index (κ3) is 5.85. The summed E-state index contributed by atoms with van der Waals surface area (Å²) in [6.07, 6.45) is 1.66. The van der Waals surface area contributed by atoms with Gasteiger partial charge in [0.25, 0.3) is 5.91 Å². The third-order valence-corrected chi connectivity index (χ3v) is 7.08. The van der Waals surface area contributed by atoms with Crippen LogP contribution in [0.1, 0.15) is 11.1 Å². The molecule has 4 aromatic rings. The van der Waals surface area contributed by atoms with Gasteiger partial charge in [0.05, 0.1) is 27.0 Å². The van der Waals surface area contributed by atoms with Crippen molar-refractivity contribution in [3.63, 3.8) is 0 Å². The molecule has 0 aliphatic carbocycles. The van der Waals surface area contributed by atoms with Crippen LogP contribution in [-0.2, 0) is 20.9 Å². The van der Waals surface area contributed by atoms with Gasteiger partial charge < -0.3 is 23.8 Å². The molecular weight excluding hydrogens is 540 g/mol. The van der Waals surface area contributed by atoms with Crippen molar-refractivity contribution in [2.45, 2.75) is 6.61 Å². The van der Waals surface area contributed by atoms with Crippen molar-refractivity contribution in [2.24, 2.45) is 0 Å². The minimum atomic E-state index is -0.530. The zero-order valence-corrected chi connectivity index (χ0v) is 23.6. The number of benzene rings is 4. The minimum Gasteiger partial charge on any atom is -0.497 e. The number of carbonyl (C=O) groups is 2. The fraction of sp³-hybridized carbons (Fsp3) is 0.156. The molecule has 0 unspecified atom stereocenters. The predicted molar refractivity (Wildman–Crippen MR) is 161 cm³/mol. The molecule has 208 valence electrons. The lowest BCUT2D eigenvalue weighted by molar-refractivity contribution is -0.140. The number of anilines is 1. The number of nitrogens with zero attached hydrogens (tertiary/aromatic N) is 2. The Balaban J connectivity index is 1.41. The molecule has 0 bridgehead atoms. The van der Waals surface area contributed by atoms with E-state index in [-0.39, 0.29) is 23.3 Å². The average Bonchev–Trinajstić information content (AvgIpc) is 3.23. The SMILES string of the molecule is COC(=O)CN1C(=S)N(c2ccc(OC)cc2)C(=O)/C1=C/c1ccc(OCc2ccc3ccccc3c2)c(OC)c1. The maximum absolute atomic E-state index is 13.6. The average molecular weight is 569 g/mol. The lowest BCUT2D eigenvalue weighted by atomic mass is 10.1. The van der Waals surface area contributed by atoms with Gasteiger partial charge in [-0.05, 0) is 82.7 Å². The number of ether oxygens (including phenoxy) is 4. The number of fused-ring (bicyclic) bond motifs is 1. The van der Waals surface area contributed by atoms with E-state index in [4.69, 9.17) is 31.2 Å². The first-order chi connectivity index (χ1) is 19.9. The van der Waals surface area contributed by atoms with Gasteiger partial charge in [-0.2, -0.15) is 0 Å². The van der Waals surface area contributed by atoms with Crippen LogP contribution in [0.3, 0.4) is 0 Å². The molecule has 4 aromatic carbocycles. The van der Waals surface area contributed by atoms with E-state index in [9.17, 15) is 9.59 Å². The Kier molecular flexibility index (Phi) is 8.16. The van der Waals surface area contributed by atoms with Crippen molar-refractivity contribution >= 4 is 51.7 Å². The summed E-state index contributed by atoms with van der Waals surface area (Å²) in [6, 6.07) is 26.7. The molecule has 9 heteroatoms. The van der Waals surface area contributed by atoms with Crippen LogP contribution >= 0.6 is 12.2 Å². The van der Waals surface area contributed by atoms with E-state index in [1.54, 1.807) is 56.7 Å². The number of carbonyl (C=O) groups excluding carboxylic acids is 2. The van der Waals surface area contributed by atoms with Crippen molar-refractivity contribution in [1.29, 1.82) is 0 Å². The van der Waals surface area contributed by atoms with E-state index in [0.717, 1.165) is 10.9 Å². The van der Waals surface area contributed by atoms with Crippen molar-refractivity contribution in [2.75, 3.05) is 32.8 Å². The Morgan fingerprint density at radius 3 is 2.32 bits per heavy atom. The second-order valence-corrected chi connectivity index (χ2v) is 9.56. The molecule has 5 rings (SSSR count). The summed E-state index contributed by atoms with van der Waals surface area (Å²) < 4.78 is 21.8. The Morgan fingerprint density at radius 1 is 0.854 bits per heavy atom. The first-order valence-corrected chi connectivity index (χ1v) is 13.2. The van der Waals surface area contributed by atoms with Gasteiger partial charge in [0.1, 0.15) is 24.6 Å². The molecule has 0 atom stereocenters. The zero-order chi connectivity index (χ0) is 28.9. The van der Waals surface area contributed by atoms with E-state index in [0.29, 0.717) is 35.1 Å². The summed E-state index contributed by atoms with van der Waals surface area (Å²) in [5.74, 6) is 0.794. The number of methoxy groups -OCH3 is 3. The summed E-state index contributed by atoms with van der Waals surface area (Å²) in [7, 11) is 4.41. The summed E-state index contributed by atoms with van der Waals surface area (Å²) >= 11 is 5.63. The normalized spacial score (nSPS) is 14.1. The standard InChI is InChI=1S/C32H28N2O6S/c1-37-26-13-11-25(12-14-26)34-31(36)27(33(32(34)41)19-30(35)39-3)17-21-9-15-28(29(18-21)38-2)40-20-22-8-10-23-6-4-5-7-24(23)16-22/h4-18H,19-20H2,1-3H3/b27-17-. The number of hydrogen-bond donors (Lipinski definition) is 0. The highest BCUT2D eigenvalue weighted by Crippen LogP contribution is 2.33. The zero-order valence-electron chi connectivity index (χ0n) is 22.8. The molecule has 1 amide bonds. The molecule has 1 aliphatic heterocycles. The Labute approximate surface area is 243 Å². The molecule has 0 N–H and O–H groups in total. The van der Waals surface area contributed by atoms with Gasteiger partial charge in [-0.3, -0.25) is 14.5 Å². The van der Waals surface area contributed by atoms with Crippen LogP contribution in [0.15, 0.2) is 90.6 Å². The maximum Gasteiger partial charge on any atom is 0.325 e. The number of hydrogen-bond acceptors (Lipinski definition) is 7. The first-order valence-electron chi connectivity index (χ1n) is 12.8. The highest BCUT2D eigenvalue weighted by Gasteiger charge is 2.40. The fourth-order valence-corrected chi connectivity index (χ4v) is 4.88. The summed E-state index contributed by atoms with van der Waals surface area (Å²) in [4.78, 5) is 28.7. The van der Waals surface area contributed by atoms with Crippen LogP contribution in [0.2, 0.25) is 0 Å². The van der Waals surface area contributed by atoms with Gasteiger partial charge in [0, 0.05) is 0 Å². The van der Waals surface area contributed by atoms with Crippen molar-refractivity contribution in [3.8, 4) is 17.2 Å². The van der Waals surface area contributed by atoms with Gasteiger partial charge >= 0.3 is 5.97 Å². The topological polar surface area (TPSA) is 77.5 Å². The molecule has 1 aliphatic rings. The molecule has 41 heavy (non-hydrogen) atoms. The largest absolute Gasteiger partial charge is 0.497 e. The van der Waals surface area contributed by atoms with Gasteiger partial charge in [0.15, 0.2) is 16.6 Å². The quantitative estimate of drug-likeness (QED) is 0.147. The van der Waals surface area contributed by atoms with E-state index in [2.05, 4.69) is 24.3 Å². The fourth-order valence-electron chi connectivity index (χ4n) is 4.53. The molecule has 1 heterocycles. The summed E-state index contributed by atoms with van der Waals surface area (Å²) in [5.41, 5.74) is 2.47. The van der Waals surface area contributed by atoms with Gasteiger partial charge in [-0.15, -0.1) is 0 Å². The lowest BCUT2D eigenvalue weighted by Crippen LogP contribution is -2.35. The Bertz CT molecular complexity index is 1650. The lowest BCUT2D eigenvalue weighted by Gasteiger charge is -2.19. The Hall–Kier alpha value is -4.89.